The molecule has 0 aliphatic heterocycles. The van der Waals surface area contributed by atoms with Gasteiger partial charge in [0.15, 0.2) is 0 Å². The van der Waals surface area contributed by atoms with Crippen LogP contribution >= 0.6 is 0 Å². The Morgan fingerprint density at radius 3 is 1.50 bits per heavy atom. The molecule has 0 aromatic heterocycles. The summed E-state index contributed by atoms with van der Waals surface area (Å²) in [7, 11) is 0. The smallest absolute Gasteiger partial charge is 0.0489 e. The number of aliphatic hydroxyl groups is 1. The van der Waals surface area contributed by atoms with Crippen molar-refractivity contribution in [3.63, 3.8) is 0 Å². The van der Waals surface area contributed by atoms with Crippen LogP contribution in [0.3, 0.4) is 0 Å². The van der Waals surface area contributed by atoms with Gasteiger partial charge in [0.05, 0.1) is 0 Å². The minimum atomic E-state index is 0.0764. The van der Waals surface area contributed by atoms with Crippen LogP contribution in [0.25, 0.3) is 0 Å². The zero-order valence-electron chi connectivity index (χ0n) is 7.86. The number of rotatable bonds is 2. The maximum absolute atomic E-state index is 9.12. The van der Waals surface area contributed by atoms with E-state index < -0.39 is 0 Å². The molecule has 0 bridgehead atoms. The van der Waals surface area contributed by atoms with E-state index in [1.807, 2.05) is 0 Å². The van der Waals surface area contributed by atoms with Crippen molar-refractivity contribution in [3.8, 4) is 0 Å². The van der Waals surface area contributed by atoms with Gasteiger partial charge in [-0.25, -0.2) is 0 Å². The van der Waals surface area contributed by atoms with Crippen LogP contribution in [0.15, 0.2) is 0 Å². The van der Waals surface area contributed by atoms with Gasteiger partial charge in [0.2, 0.25) is 0 Å². The summed E-state index contributed by atoms with van der Waals surface area (Å²) < 4.78 is 0. The second-order valence-corrected chi connectivity index (χ2v) is 4.32. The van der Waals surface area contributed by atoms with Crippen LogP contribution in [0.1, 0.15) is 41.0 Å². The monoisotopic (exact) mass is 144 g/mol. The number of hydrogen-bond acceptors (Lipinski definition) is 1. The Hall–Kier alpha value is -0.0400. The Labute approximate surface area is 64.5 Å². The fraction of sp³-hybridized carbons (Fsp3) is 1.00. The molecule has 1 nitrogen and oxygen atoms in total. The Morgan fingerprint density at radius 2 is 1.50 bits per heavy atom. The second-order valence-electron chi connectivity index (χ2n) is 4.32. The molecule has 0 aliphatic carbocycles. The van der Waals surface area contributed by atoms with Crippen LogP contribution in [0, 0.1) is 10.8 Å². The molecule has 0 heterocycles. The van der Waals surface area contributed by atoms with Gasteiger partial charge >= 0.3 is 0 Å². The standard InChI is InChI=1S/C9H20O/c1-6-9(5,7-10)8(2,3)4/h10H,6-7H2,1-5H3/t9-/m1/s1. The van der Waals surface area contributed by atoms with Crippen LogP contribution in [-0.2, 0) is 0 Å². The molecule has 1 heteroatoms. The average molecular weight is 144 g/mol. The molecule has 0 aromatic carbocycles. The molecule has 1 N–H and O–H groups in total. The fourth-order valence-electron chi connectivity index (χ4n) is 0.879. The summed E-state index contributed by atoms with van der Waals surface area (Å²) in [4.78, 5) is 0. The van der Waals surface area contributed by atoms with E-state index >= 15 is 0 Å². The lowest BCUT2D eigenvalue weighted by Gasteiger charge is -2.39. The molecule has 0 unspecified atom stereocenters. The predicted octanol–water partition coefficient (Wildman–Crippen LogP) is 2.44. The fourth-order valence-corrected chi connectivity index (χ4v) is 0.879. The van der Waals surface area contributed by atoms with E-state index in [1.54, 1.807) is 0 Å². The average Bonchev–Trinajstić information content (AvgIpc) is 1.84. The van der Waals surface area contributed by atoms with Crippen LogP contribution in [0.4, 0.5) is 0 Å². The third-order valence-electron chi connectivity index (χ3n) is 2.94. The molecule has 62 valence electrons. The van der Waals surface area contributed by atoms with Crippen molar-refractivity contribution in [2.75, 3.05) is 6.61 Å². The summed E-state index contributed by atoms with van der Waals surface area (Å²) in [5.41, 5.74) is 0.281. The molecule has 0 aliphatic rings. The van der Waals surface area contributed by atoms with Crippen molar-refractivity contribution in [2.45, 2.75) is 41.0 Å². The molecule has 0 saturated heterocycles. The second kappa shape index (κ2) is 2.91. The van der Waals surface area contributed by atoms with Gasteiger partial charge in [-0.15, -0.1) is 0 Å². The van der Waals surface area contributed by atoms with Crippen molar-refractivity contribution < 1.29 is 5.11 Å². The topological polar surface area (TPSA) is 20.2 Å². The van der Waals surface area contributed by atoms with Gasteiger partial charge in [-0.05, 0) is 17.3 Å². The third kappa shape index (κ3) is 1.72. The quantitative estimate of drug-likeness (QED) is 0.631. The maximum Gasteiger partial charge on any atom is 0.0489 e. The van der Waals surface area contributed by atoms with E-state index in [-0.39, 0.29) is 17.4 Å². The highest BCUT2D eigenvalue weighted by Gasteiger charge is 2.34. The molecule has 0 spiro atoms. The molecule has 0 saturated carbocycles. The zero-order chi connectivity index (χ0) is 8.41. The van der Waals surface area contributed by atoms with E-state index in [9.17, 15) is 0 Å². The van der Waals surface area contributed by atoms with Crippen LogP contribution in [0.5, 0.6) is 0 Å². The highest BCUT2D eigenvalue weighted by Crippen LogP contribution is 2.40. The van der Waals surface area contributed by atoms with Gasteiger partial charge in [-0.1, -0.05) is 34.6 Å². The highest BCUT2D eigenvalue weighted by atomic mass is 16.3. The first-order valence-corrected chi connectivity index (χ1v) is 3.98. The van der Waals surface area contributed by atoms with E-state index in [1.165, 1.54) is 0 Å². The summed E-state index contributed by atoms with van der Waals surface area (Å²) in [5, 5.41) is 9.12. The summed E-state index contributed by atoms with van der Waals surface area (Å²) in [6.45, 7) is 11.1. The minimum absolute atomic E-state index is 0.0764. The lowest BCUT2D eigenvalue weighted by atomic mass is 9.67. The third-order valence-corrected chi connectivity index (χ3v) is 2.94. The largest absolute Gasteiger partial charge is 0.396 e. The summed E-state index contributed by atoms with van der Waals surface area (Å²) in [6.07, 6.45) is 1.03. The Balaban J connectivity index is 4.33. The van der Waals surface area contributed by atoms with Crippen LogP contribution in [-0.4, -0.2) is 11.7 Å². The van der Waals surface area contributed by atoms with Crippen molar-refractivity contribution in [2.24, 2.45) is 10.8 Å². The number of aliphatic hydroxyl groups excluding tert-OH is 1. The van der Waals surface area contributed by atoms with Crippen molar-refractivity contribution in [1.29, 1.82) is 0 Å². The van der Waals surface area contributed by atoms with Crippen molar-refractivity contribution in [1.82, 2.24) is 0 Å². The van der Waals surface area contributed by atoms with Gasteiger partial charge in [0.1, 0.15) is 0 Å². The maximum atomic E-state index is 9.12. The molecular formula is C9H20O. The first-order valence-electron chi connectivity index (χ1n) is 3.98. The van der Waals surface area contributed by atoms with Gasteiger partial charge in [0.25, 0.3) is 0 Å². The summed E-state index contributed by atoms with van der Waals surface area (Å²) >= 11 is 0. The van der Waals surface area contributed by atoms with E-state index in [0.717, 1.165) is 6.42 Å². The van der Waals surface area contributed by atoms with E-state index in [4.69, 9.17) is 5.11 Å². The molecular weight excluding hydrogens is 124 g/mol. The van der Waals surface area contributed by atoms with E-state index in [0.29, 0.717) is 0 Å². The van der Waals surface area contributed by atoms with Gasteiger partial charge in [-0.3, -0.25) is 0 Å². The Morgan fingerprint density at radius 1 is 1.10 bits per heavy atom. The Kier molecular flexibility index (Phi) is 2.90. The van der Waals surface area contributed by atoms with Gasteiger partial charge in [0, 0.05) is 6.61 Å². The SMILES string of the molecule is CC[C@](C)(CO)C(C)(C)C. The lowest BCUT2D eigenvalue weighted by molar-refractivity contribution is 0.0289. The first-order chi connectivity index (χ1) is 4.37. The molecule has 0 amide bonds. The summed E-state index contributed by atoms with van der Waals surface area (Å²) in [5.74, 6) is 0. The first kappa shape index (κ1) is 9.96. The predicted molar refractivity (Wildman–Crippen MR) is 44.9 cm³/mol. The van der Waals surface area contributed by atoms with Crippen molar-refractivity contribution in [3.05, 3.63) is 0 Å². The highest BCUT2D eigenvalue weighted by molar-refractivity contribution is 4.84. The normalized spacial score (nSPS) is 18.6. The molecule has 0 aromatic rings. The molecule has 10 heavy (non-hydrogen) atoms. The van der Waals surface area contributed by atoms with Gasteiger partial charge in [-0.2, -0.15) is 0 Å². The molecule has 0 radical (unpaired) electrons. The van der Waals surface area contributed by atoms with Gasteiger partial charge < -0.3 is 5.11 Å². The minimum Gasteiger partial charge on any atom is -0.396 e. The van der Waals surface area contributed by atoms with Crippen molar-refractivity contribution >= 4 is 0 Å². The molecule has 0 rings (SSSR count). The number of hydrogen-bond donors (Lipinski definition) is 1. The molecule has 1 atom stereocenters. The van der Waals surface area contributed by atoms with Crippen LogP contribution < -0.4 is 0 Å². The van der Waals surface area contributed by atoms with E-state index in [2.05, 4.69) is 34.6 Å². The Bertz CT molecular complexity index is 95.8. The lowest BCUT2D eigenvalue weighted by Crippen LogP contribution is -2.35. The van der Waals surface area contributed by atoms with Crippen LogP contribution in [0.2, 0.25) is 0 Å². The zero-order valence-corrected chi connectivity index (χ0v) is 7.86. The summed E-state index contributed by atoms with van der Waals surface area (Å²) in [6, 6.07) is 0. The molecule has 0 fully saturated rings.